The molecule has 1 unspecified atom stereocenters. The molecule has 0 saturated carbocycles. The summed E-state index contributed by atoms with van der Waals surface area (Å²) in [6.45, 7) is 8.66. The highest BCUT2D eigenvalue weighted by atomic mass is 16.5. The molecule has 1 atom stereocenters. The van der Waals surface area contributed by atoms with Crippen LogP contribution in [-0.2, 0) is 9.59 Å². The second kappa shape index (κ2) is 7.21. The second-order valence-electron chi connectivity index (χ2n) is 6.67. The van der Waals surface area contributed by atoms with Gasteiger partial charge in [0, 0.05) is 50.7 Å². The van der Waals surface area contributed by atoms with E-state index in [2.05, 4.69) is 29.0 Å². The summed E-state index contributed by atoms with van der Waals surface area (Å²) in [6.07, 6.45) is 0.182. The zero-order valence-electron chi connectivity index (χ0n) is 14.3. The van der Waals surface area contributed by atoms with Gasteiger partial charge in [-0.1, -0.05) is 0 Å². The number of hydrogen-bond donors (Lipinski definition) is 1. The summed E-state index contributed by atoms with van der Waals surface area (Å²) < 4.78 is 5.72. The number of benzene rings is 1. The zero-order valence-corrected chi connectivity index (χ0v) is 14.3. The highest BCUT2D eigenvalue weighted by Crippen LogP contribution is 2.23. The molecule has 130 valence electrons. The molecule has 0 aliphatic carbocycles. The lowest BCUT2D eigenvalue weighted by Gasteiger charge is -2.38. The Bertz CT molecular complexity index is 592. The number of nitrogens with one attached hydrogen (secondary N) is 1. The van der Waals surface area contributed by atoms with E-state index in [-0.39, 0.29) is 11.8 Å². The number of carbonyl (C=O) groups is 2. The summed E-state index contributed by atoms with van der Waals surface area (Å²) in [4.78, 5) is 27.8. The third-order valence-corrected chi connectivity index (χ3v) is 4.71. The highest BCUT2D eigenvalue weighted by Gasteiger charge is 2.28. The number of nitrogens with zero attached hydrogens (tertiary/aromatic N) is 2. The standard InChI is InChI=1S/C18H25N3O3/c1-13(2)20-9-11-21(12-10-20)14-3-5-15(6-4-14)24-16-7-8-17(22)19-18(16)23/h3-6,13,16H,7-12H2,1-2H3,(H,19,22,23). The molecule has 2 amide bonds. The number of piperidine rings is 1. The molecule has 6 heteroatoms. The Labute approximate surface area is 142 Å². The van der Waals surface area contributed by atoms with Crippen LogP contribution in [0, 0.1) is 0 Å². The van der Waals surface area contributed by atoms with Gasteiger partial charge < -0.3 is 9.64 Å². The SMILES string of the molecule is CC(C)N1CCN(c2ccc(OC3CCC(=O)NC3=O)cc2)CC1. The second-order valence-corrected chi connectivity index (χ2v) is 6.67. The van der Waals surface area contributed by atoms with Gasteiger partial charge in [-0.3, -0.25) is 19.8 Å². The minimum absolute atomic E-state index is 0.226. The summed E-state index contributed by atoms with van der Waals surface area (Å²) in [5, 5.41) is 2.31. The topological polar surface area (TPSA) is 61.9 Å². The number of hydrogen-bond acceptors (Lipinski definition) is 5. The Morgan fingerprint density at radius 3 is 2.33 bits per heavy atom. The van der Waals surface area contributed by atoms with Gasteiger partial charge in [0.25, 0.3) is 5.91 Å². The van der Waals surface area contributed by atoms with E-state index in [1.807, 2.05) is 24.3 Å². The molecule has 24 heavy (non-hydrogen) atoms. The summed E-state index contributed by atoms with van der Waals surface area (Å²) in [6, 6.07) is 8.46. The van der Waals surface area contributed by atoms with E-state index in [1.165, 1.54) is 5.69 Å². The maximum absolute atomic E-state index is 11.7. The molecule has 2 heterocycles. The molecule has 0 bridgehead atoms. The van der Waals surface area contributed by atoms with E-state index >= 15 is 0 Å². The van der Waals surface area contributed by atoms with Crippen molar-refractivity contribution in [2.45, 2.75) is 38.8 Å². The number of anilines is 1. The molecule has 0 spiro atoms. The number of piperazine rings is 1. The first-order valence-corrected chi connectivity index (χ1v) is 8.62. The molecule has 1 aromatic rings. The van der Waals surface area contributed by atoms with Crippen LogP contribution in [-0.4, -0.2) is 55.0 Å². The van der Waals surface area contributed by atoms with E-state index < -0.39 is 6.10 Å². The monoisotopic (exact) mass is 331 g/mol. The van der Waals surface area contributed by atoms with Crippen LogP contribution in [0.25, 0.3) is 0 Å². The lowest BCUT2D eigenvalue weighted by Crippen LogP contribution is -2.48. The molecule has 2 saturated heterocycles. The van der Waals surface area contributed by atoms with Crippen molar-refractivity contribution in [3.8, 4) is 5.75 Å². The van der Waals surface area contributed by atoms with Crippen LogP contribution in [0.5, 0.6) is 5.75 Å². The van der Waals surface area contributed by atoms with Crippen molar-refractivity contribution in [2.75, 3.05) is 31.1 Å². The fourth-order valence-electron chi connectivity index (χ4n) is 3.18. The van der Waals surface area contributed by atoms with Gasteiger partial charge in [0.05, 0.1) is 0 Å². The smallest absolute Gasteiger partial charge is 0.267 e. The predicted molar refractivity (Wildman–Crippen MR) is 92.2 cm³/mol. The van der Waals surface area contributed by atoms with Gasteiger partial charge in [0.1, 0.15) is 5.75 Å². The number of amides is 2. The van der Waals surface area contributed by atoms with Gasteiger partial charge in [-0.2, -0.15) is 0 Å². The minimum Gasteiger partial charge on any atom is -0.481 e. The van der Waals surface area contributed by atoms with Crippen LogP contribution in [0.15, 0.2) is 24.3 Å². The van der Waals surface area contributed by atoms with Gasteiger partial charge in [-0.05, 0) is 38.1 Å². The quantitative estimate of drug-likeness (QED) is 0.845. The summed E-state index contributed by atoms with van der Waals surface area (Å²) in [5.74, 6) is 0.0879. The average molecular weight is 331 g/mol. The third kappa shape index (κ3) is 3.87. The lowest BCUT2D eigenvalue weighted by atomic mass is 10.1. The number of rotatable bonds is 4. The third-order valence-electron chi connectivity index (χ3n) is 4.71. The molecular weight excluding hydrogens is 306 g/mol. The average Bonchev–Trinajstić information content (AvgIpc) is 2.58. The number of ether oxygens (including phenoxy) is 1. The van der Waals surface area contributed by atoms with Gasteiger partial charge >= 0.3 is 0 Å². The summed E-state index contributed by atoms with van der Waals surface area (Å²) in [7, 11) is 0. The van der Waals surface area contributed by atoms with Crippen LogP contribution < -0.4 is 15.0 Å². The van der Waals surface area contributed by atoms with Crippen molar-refractivity contribution < 1.29 is 14.3 Å². The van der Waals surface area contributed by atoms with E-state index in [0.29, 0.717) is 24.6 Å². The Hall–Kier alpha value is -2.08. The zero-order chi connectivity index (χ0) is 17.1. The molecule has 2 fully saturated rings. The molecule has 1 aromatic carbocycles. The summed E-state index contributed by atoms with van der Waals surface area (Å²) in [5.41, 5.74) is 1.18. The lowest BCUT2D eigenvalue weighted by molar-refractivity contribution is -0.138. The van der Waals surface area contributed by atoms with Crippen molar-refractivity contribution >= 4 is 17.5 Å². The Morgan fingerprint density at radius 2 is 1.75 bits per heavy atom. The van der Waals surface area contributed by atoms with Crippen LogP contribution in [0.2, 0.25) is 0 Å². The van der Waals surface area contributed by atoms with E-state index in [1.54, 1.807) is 0 Å². The van der Waals surface area contributed by atoms with Crippen molar-refractivity contribution in [2.24, 2.45) is 0 Å². The van der Waals surface area contributed by atoms with Crippen LogP contribution in [0.4, 0.5) is 5.69 Å². The van der Waals surface area contributed by atoms with E-state index in [0.717, 1.165) is 26.2 Å². The number of imide groups is 1. The molecule has 6 nitrogen and oxygen atoms in total. The largest absolute Gasteiger partial charge is 0.481 e. The molecule has 2 aliphatic rings. The normalized spacial score (nSPS) is 22.6. The molecule has 2 aliphatic heterocycles. The van der Waals surface area contributed by atoms with Crippen molar-refractivity contribution in [3.63, 3.8) is 0 Å². The van der Waals surface area contributed by atoms with E-state index in [9.17, 15) is 9.59 Å². The molecule has 0 radical (unpaired) electrons. The predicted octanol–water partition coefficient (Wildman–Crippen LogP) is 1.40. The molecule has 3 rings (SSSR count). The van der Waals surface area contributed by atoms with Crippen molar-refractivity contribution in [1.29, 1.82) is 0 Å². The van der Waals surface area contributed by atoms with Crippen molar-refractivity contribution in [3.05, 3.63) is 24.3 Å². The first kappa shape index (κ1) is 16.8. The van der Waals surface area contributed by atoms with E-state index in [4.69, 9.17) is 4.74 Å². The maximum atomic E-state index is 11.7. The fourth-order valence-corrected chi connectivity index (χ4v) is 3.18. The Kier molecular flexibility index (Phi) is 5.04. The number of carbonyl (C=O) groups excluding carboxylic acids is 2. The molecule has 0 aromatic heterocycles. The van der Waals surface area contributed by atoms with Gasteiger partial charge in [-0.25, -0.2) is 0 Å². The van der Waals surface area contributed by atoms with Gasteiger partial charge in [0.2, 0.25) is 5.91 Å². The molecular formula is C18H25N3O3. The van der Waals surface area contributed by atoms with Crippen LogP contribution in [0.1, 0.15) is 26.7 Å². The summed E-state index contributed by atoms with van der Waals surface area (Å²) >= 11 is 0. The minimum atomic E-state index is -0.580. The van der Waals surface area contributed by atoms with Gasteiger partial charge in [-0.15, -0.1) is 0 Å². The Morgan fingerprint density at radius 1 is 1.08 bits per heavy atom. The first-order valence-electron chi connectivity index (χ1n) is 8.62. The van der Waals surface area contributed by atoms with Crippen molar-refractivity contribution in [1.82, 2.24) is 10.2 Å². The Balaban J connectivity index is 1.56. The van der Waals surface area contributed by atoms with Gasteiger partial charge in [0.15, 0.2) is 6.10 Å². The van der Waals surface area contributed by atoms with Crippen LogP contribution >= 0.6 is 0 Å². The van der Waals surface area contributed by atoms with Crippen LogP contribution in [0.3, 0.4) is 0 Å². The fraction of sp³-hybridized carbons (Fsp3) is 0.556. The highest BCUT2D eigenvalue weighted by molar-refractivity contribution is 5.99. The maximum Gasteiger partial charge on any atom is 0.267 e. The first-order chi connectivity index (χ1) is 11.5. The molecule has 1 N–H and O–H groups in total.